The average molecular weight is 268 g/mol. The summed E-state index contributed by atoms with van der Waals surface area (Å²) in [7, 11) is 0. The SMILES string of the molecule is O=C(O)c1cc(Cl)cc(-c2ccc(F)cc2)[n+]1[O-]. The topological polar surface area (TPSA) is 64.2 Å². The van der Waals surface area contributed by atoms with Gasteiger partial charge in [-0.25, -0.2) is 9.18 Å². The van der Waals surface area contributed by atoms with Crippen molar-refractivity contribution in [3.8, 4) is 11.3 Å². The lowest BCUT2D eigenvalue weighted by Gasteiger charge is -2.07. The Labute approximate surface area is 106 Å². The fourth-order valence-electron chi connectivity index (χ4n) is 1.52. The predicted molar refractivity (Wildman–Crippen MR) is 62.8 cm³/mol. The van der Waals surface area contributed by atoms with Crippen LogP contribution >= 0.6 is 11.6 Å². The van der Waals surface area contributed by atoms with E-state index in [0.717, 1.165) is 6.07 Å². The molecule has 0 aliphatic heterocycles. The molecular weight excluding hydrogens is 261 g/mol. The van der Waals surface area contributed by atoms with Crippen LogP contribution in [0.3, 0.4) is 0 Å². The van der Waals surface area contributed by atoms with E-state index in [1.54, 1.807) is 0 Å². The summed E-state index contributed by atoms with van der Waals surface area (Å²) in [5, 5.41) is 20.8. The van der Waals surface area contributed by atoms with Gasteiger partial charge < -0.3 is 10.3 Å². The Kier molecular flexibility index (Phi) is 3.16. The fourth-order valence-corrected chi connectivity index (χ4v) is 1.73. The minimum absolute atomic E-state index is 0.0555. The number of pyridine rings is 1. The van der Waals surface area contributed by atoms with Gasteiger partial charge in [0.1, 0.15) is 5.82 Å². The summed E-state index contributed by atoms with van der Waals surface area (Å²) in [5.74, 6) is -1.83. The third-order valence-corrected chi connectivity index (χ3v) is 2.56. The highest BCUT2D eigenvalue weighted by atomic mass is 35.5. The van der Waals surface area contributed by atoms with E-state index in [1.165, 1.54) is 30.3 Å². The molecule has 0 bridgehead atoms. The van der Waals surface area contributed by atoms with Crippen molar-refractivity contribution < 1.29 is 19.0 Å². The summed E-state index contributed by atoms with van der Waals surface area (Å²) < 4.78 is 13.0. The van der Waals surface area contributed by atoms with E-state index in [2.05, 4.69) is 0 Å². The largest absolute Gasteiger partial charge is 0.618 e. The summed E-state index contributed by atoms with van der Waals surface area (Å²) in [5.41, 5.74) is -0.0434. The molecule has 0 fully saturated rings. The van der Waals surface area contributed by atoms with Crippen LogP contribution in [0.25, 0.3) is 11.3 Å². The van der Waals surface area contributed by atoms with Crippen LogP contribution in [0.4, 0.5) is 4.39 Å². The van der Waals surface area contributed by atoms with E-state index in [-0.39, 0.29) is 15.4 Å². The van der Waals surface area contributed by atoms with Gasteiger partial charge in [-0.15, -0.1) is 0 Å². The normalized spacial score (nSPS) is 10.3. The molecule has 1 aromatic carbocycles. The van der Waals surface area contributed by atoms with Crippen LogP contribution in [0.2, 0.25) is 5.02 Å². The lowest BCUT2D eigenvalue weighted by Crippen LogP contribution is -2.37. The zero-order valence-corrected chi connectivity index (χ0v) is 9.69. The predicted octanol–water partition coefficient (Wildman–Crippen LogP) is 2.48. The van der Waals surface area contributed by atoms with Gasteiger partial charge in [0.25, 0.3) is 0 Å². The van der Waals surface area contributed by atoms with Gasteiger partial charge >= 0.3 is 11.7 Å². The first kappa shape index (κ1) is 12.3. The Hall–Kier alpha value is -2.14. The Balaban J connectivity index is 2.64. The quantitative estimate of drug-likeness (QED) is 0.671. The van der Waals surface area contributed by atoms with Crippen LogP contribution in [0, 0.1) is 11.0 Å². The number of aromatic carboxylic acids is 1. The first-order chi connectivity index (χ1) is 8.49. The maximum atomic E-state index is 12.8. The highest BCUT2D eigenvalue weighted by Gasteiger charge is 2.21. The molecule has 4 nitrogen and oxygen atoms in total. The molecule has 0 amide bonds. The number of nitrogens with zero attached hydrogens (tertiary/aromatic N) is 1. The molecule has 0 saturated carbocycles. The van der Waals surface area contributed by atoms with Crippen molar-refractivity contribution in [3.63, 3.8) is 0 Å². The first-order valence-electron chi connectivity index (χ1n) is 4.91. The minimum Gasteiger partial charge on any atom is -0.618 e. The van der Waals surface area contributed by atoms with E-state index < -0.39 is 17.5 Å². The number of rotatable bonds is 2. The Morgan fingerprint density at radius 2 is 1.89 bits per heavy atom. The maximum absolute atomic E-state index is 12.8. The molecule has 0 spiro atoms. The number of hydrogen-bond donors (Lipinski definition) is 1. The molecule has 18 heavy (non-hydrogen) atoms. The lowest BCUT2D eigenvalue weighted by molar-refractivity contribution is -0.596. The monoisotopic (exact) mass is 267 g/mol. The zero-order valence-electron chi connectivity index (χ0n) is 8.93. The number of carboxylic acid groups (broad SMARTS) is 1. The number of hydrogen-bond acceptors (Lipinski definition) is 2. The molecule has 0 aliphatic carbocycles. The first-order valence-corrected chi connectivity index (χ1v) is 5.29. The third-order valence-electron chi connectivity index (χ3n) is 2.35. The smallest absolute Gasteiger partial charge is 0.402 e. The molecule has 1 heterocycles. The second-order valence-electron chi connectivity index (χ2n) is 3.55. The van der Waals surface area contributed by atoms with Gasteiger partial charge in [-0.05, 0) is 24.3 Å². The standard InChI is InChI=1S/C12H7ClFNO3/c13-8-5-10(7-1-3-9(14)4-2-7)15(18)11(6-8)12(16)17/h1-6H,(H,16,17). The van der Waals surface area contributed by atoms with Gasteiger partial charge in [0.05, 0.1) is 5.02 Å². The molecule has 1 aromatic heterocycles. The van der Waals surface area contributed by atoms with Gasteiger partial charge in [0.15, 0.2) is 0 Å². The van der Waals surface area contributed by atoms with Crippen molar-refractivity contribution in [2.75, 3.05) is 0 Å². The zero-order chi connectivity index (χ0) is 13.3. The van der Waals surface area contributed by atoms with Gasteiger partial charge in [0.2, 0.25) is 5.69 Å². The Bertz CT molecular complexity index is 613. The summed E-state index contributed by atoms with van der Waals surface area (Å²) in [6, 6.07) is 7.49. The number of aromatic nitrogens is 1. The molecule has 92 valence electrons. The van der Waals surface area contributed by atoms with Crippen LogP contribution in [-0.4, -0.2) is 11.1 Å². The van der Waals surface area contributed by atoms with Crippen molar-refractivity contribution >= 4 is 17.6 Å². The van der Waals surface area contributed by atoms with E-state index in [9.17, 15) is 14.4 Å². The molecule has 0 saturated heterocycles. The van der Waals surface area contributed by atoms with E-state index >= 15 is 0 Å². The highest BCUT2D eigenvalue weighted by molar-refractivity contribution is 6.31. The molecule has 0 atom stereocenters. The molecule has 0 unspecified atom stereocenters. The van der Waals surface area contributed by atoms with Crippen LogP contribution in [0.15, 0.2) is 36.4 Å². The fraction of sp³-hybridized carbons (Fsp3) is 0. The molecule has 0 radical (unpaired) electrons. The Morgan fingerprint density at radius 3 is 2.44 bits per heavy atom. The molecule has 6 heteroatoms. The maximum Gasteiger partial charge on any atom is 0.402 e. The number of carboxylic acids is 1. The summed E-state index contributed by atoms with van der Waals surface area (Å²) in [4.78, 5) is 10.9. The van der Waals surface area contributed by atoms with Crippen molar-refractivity contribution in [2.24, 2.45) is 0 Å². The molecule has 0 aliphatic rings. The second-order valence-corrected chi connectivity index (χ2v) is 3.99. The van der Waals surface area contributed by atoms with E-state index in [1.807, 2.05) is 0 Å². The molecule has 1 N–H and O–H groups in total. The second kappa shape index (κ2) is 4.62. The van der Waals surface area contributed by atoms with Crippen molar-refractivity contribution in [1.29, 1.82) is 0 Å². The third kappa shape index (κ3) is 2.26. The minimum atomic E-state index is -1.38. The van der Waals surface area contributed by atoms with Gasteiger partial charge in [-0.3, -0.25) is 0 Å². The van der Waals surface area contributed by atoms with Crippen LogP contribution in [0.1, 0.15) is 10.5 Å². The average Bonchev–Trinajstić information content (AvgIpc) is 2.32. The van der Waals surface area contributed by atoms with Gasteiger partial charge in [0, 0.05) is 17.7 Å². The number of carbonyl (C=O) groups is 1. The summed E-state index contributed by atoms with van der Waals surface area (Å²) in [6.07, 6.45) is 0. The number of benzene rings is 1. The van der Waals surface area contributed by atoms with E-state index in [4.69, 9.17) is 16.7 Å². The van der Waals surface area contributed by atoms with Crippen LogP contribution < -0.4 is 4.73 Å². The highest BCUT2D eigenvalue weighted by Crippen LogP contribution is 2.20. The van der Waals surface area contributed by atoms with Crippen molar-refractivity contribution in [1.82, 2.24) is 0 Å². The summed E-state index contributed by atoms with van der Waals surface area (Å²) in [6.45, 7) is 0. The molecule has 2 rings (SSSR count). The molecule has 2 aromatic rings. The van der Waals surface area contributed by atoms with Crippen LogP contribution in [0.5, 0.6) is 0 Å². The van der Waals surface area contributed by atoms with Gasteiger partial charge in [-0.1, -0.05) is 11.6 Å². The Morgan fingerprint density at radius 1 is 1.28 bits per heavy atom. The lowest BCUT2D eigenvalue weighted by atomic mass is 10.1. The van der Waals surface area contributed by atoms with Crippen molar-refractivity contribution in [3.05, 3.63) is 58.1 Å². The van der Waals surface area contributed by atoms with Gasteiger partial charge in [-0.2, -0.15) is 4.73 Å². The number of halogens is 2. The van der Waals surface area contributed by atoms with E-state index in [0.29, 0.717) is 5.56 Å². The van der Waals surface area contributed by atoms with Crippen LogP contribution in [-0.2, 0) is 0 Å². The summed E-state index contributed by atoms with van der Waals surface area (Å²) >= 11 is 5.76. The van der Waals surface area contributed by atoms with Crippen molar-refractivity contribution in [2.45, 2.75) is 0 Å². The molecular formula is C12H7ClFNO3.